The van der Waals surface area contributed by atoms with Crippen LogP contribution in [0.25, 0.3) is 0 Å². The lowest BCUT2D eigenvalue weighted by molar-refractivity contribution is 0.368. The zero-order valence-corrected chi connectivity index (χ0v) is 15.4. The number of hydrogen-bond donors (Lipinski definition) is 3. The van der Waals surface area contributed by atoms with Gasteiger partial charge in [-0.3, -0.25) is 5.32 Å². The molecule has 3 nitrogen and oxygen atoms in total. The fraction of sp³-hybridized carbons (Fsp3) is 0.133. The standard InChI is InChI=1S/C15H11Cl4N3S/c16-7-1-3-9(11(18)5-7)13-20-14(22-15(23)21-13)10-4-2-8(17)6-12(10)19/h1-6,13-14,20H,(H2,21,22,23). The van der Waals surface area contributed by atoms with Crippen molar-refractivity contribution in [3.63, 3.8) is 0 Å². The van der Waals surface area contributed by atoms with Crippen molar-refractivity contribution in [3.05, 3.63) is 67.6 Å². The lowest BCUT2D eigenvalue weighted by Crippen LogP contribution is -2.55. The molecule has 1 heterocycles. The molecule has 0 saturated carbocycles. The Morgan fingerprint density at radius 3 is 1.57 bits per heavy atom. The second-order valence-electron chi connectivity index (χ2n) is 4.98. The van der Waals surface area contributed by atoms with Gasteiger partial charge in [0.1, 0.15) is 12.3 Å². The number of halogens is 4. The lowest BCUT2D eigenvalue weighted by Gasteiger charge is -2.35. The smallest absolute Gasteiger partial charge is 0.169 e. The number of nitrogens with one attached hydrogen (secondary N) is 3. The fourth-order valence-electron chi connectivity index (χ4n) is 2.36. The van der Waals surface area contributed by atoms with E-state index in [0.717, 1.165) is 11.1 Å². The zero-order chi connectivity index (χ0) is 16.6. The first-order valence-corrected chi connectivity index (χ1v) is 8.59. The van der Waals surface area contributed by atoms with Gasteiger partial charge >= 0.3 is 0 Å². The van der Waals surface area contributed by atoms with Crippen LogP contribution in [-0.4, -0.2) is 5.11 Å². The maximum absolute atomic E-state index is 6.28. The molecule has 0 aromatic heterocycles. The predicted molar refractivity (Wildman–Crippen MR) is 100 cm³/mol. The molecular formula is C15H11Cl4N3S. The Hall–Kier alpha value is -0.750. The van der Waals surface area contributed by atoms with Crippen LogP contribution < -0.4 is 16.0 Å². The molecule has 3 N–H and O–H groups in total. The molecule has 2 aromatic rings. The summed E-state index contributed by atoms with van der Waals surface area (Å²) in [6, 6.07) is 10.6. The molecule has 0 spiro atoms. The molecule has 120 valence electrons. The average Bonchev–Trinajstić information content (AvgIpc) is 2.46. The van der Waals surface area contributed by atoms with Crippen molar-refractivity contribution in [3.8, 4) is 0 Å². The highest BCUT2D eigenvalue weighted by atomic mass is 35.5. The van der Waals surface area contributed by atoms with E-state index in [-0.39, 0.29) is 12.3 Å². The molecule has 0 bridgehead atoms. The molecule has 2 unspecified atom stereocenters. The van der Waals surface area contributed by atoms with E-state index in [0.29, 0.717) is 25.2 Å². The van der Waals surface area contributed by atoms with Gasteiger partial charge in [-0.05, 0) is 36.5 Å². The van der Waals surface area contributed by atoms with E-state index in [2.05, 4.69) is 16.0 Å². The number of rotatable bonds is 2. The summed E-state index contributed by atoms with van der Waals surface area (Å²) in [5.74, 6) is 0. The first-order valence-electron chi connectivity index (χ1n) is 6.67. The summed E-state index contributed by atoms with van der Waals surface area (Å²) in [6.45, 7) is 0. The Balaban J connectivity index is 1.91. The van der Waals surface area contributed by atoms with Crippen molar-refractivity contribution in [2.75, 3.05) is 0 Å². The van der Waals surface area contributed by atoms with Crippen LogP contribution >= 0.6 is 58.6 Å². The van der Waals surface area contributed by atoms with Gasteiger partial charge in [0.25, 0.3) is 0 Å². The highest BCUT2D eigenvalue weighted by Gasteiger charge is 2.27. The van der Waals surface area contributed by atoms with Crippen LogP contribution in [0.2, 0.25) is 20.1 Å². The minimum Gasteiger partial charge on any atom is -0.343 e. The maximum atomic E-state index is 6.28. The third-order valence-corrected chi connectivity index (χ3v) is 4.79. The molecule has 0 amide bonds. The zero-order valence-electron chi connectivity index (χ0n) is 11.5. The van der Waals surface area contributed by atoms with Crippen molar-refractivity contribution < 1.29 is 0 Å². The summed E-state index contributed by atoms with van der Waals surface area (Å²) in [5, 5.41) is 12.4. The summed E-state index contributed by atoms with van der Waals surface area (Å²) in [6.07, 6.45) is -0.546. The average molecular weight is 407 g/mol. The summed E-state index contributed by atoms with van der Waals surface area (Å²) in [7, 11) is 0. The Labute approximate surface area is 159 Å². The molecule has 0 radical (unpaired) electrons. The summed E-state index contributed by atoms with van der Waals surface area (Å²) in [5.41, 5.74) is 1.69. The molecule has 1 fully saturated rings. The van der Waals surface area contributed by atoms with Crippen LogP contribution in [0.1, 0.15) is 23.5 Å². The summed E-state index contributed by atoms with van der Waals surface area (Å²) < 4.78 is 0. The van der Waals surface area contributed by atoms with Crippen molar-refractivity contribution >= 4 is 63.7 Å². The SMILES string of the molecule is S=C1NC(c2ccc(Cl)cc2Cl)NC(c2ccc(Cl)cc2Cl)N1. The molecular weight excluding hydrogens is 396 g/mol. The molecule has 1 aliphatic rings. The van der Waals surface area contributed by atoms with Crippen LogP contribution in [0.4, 0.5) is 0 Å². The van der Waals surface area contributed by atoms with Gasteiger partial charge in [-0.15, -0.1) is 0 Å². The molecule has 2 aromatic carbocycles. The van der Waals surface area contributed by atoms with E-state index in [4.69, 9.17) is 58.6 Å². The molecule has 1 aliphatic heterocycles. The third-order valence-electron chi connectivity index (χ3n) is 3.43. The summed E-state index contributed by atoms with van der Waals surface area (Å²) in [4.78, 5) is 0. The number of hydrogen-bond acceptors (Lipinski definition) is 2. The van der Waals surface area contributed by atoms with E-state index in [1.165, 1.54) is 0 Å². The van der Waals surface area contributed by atoms with E-state index >= 15 is 0 Å². The first-order chi connectivity index (χ1) is 10.9. The molecule has 23 heavy (non-hydrogen) atoms. The second kappa shape index (κ2) is 7.01. The molecule has 0 aliphatic carbocycles. The third kappa shape index (κ3) is 3.85. The monoisotopic (exact) mass is 405 g/mol. The predicted octanol–water partition coefficient (Wildman–Crippen LogP) is 5.06. The number of thiocarbonyl (C=S) groups is 1. The minimum absolute atomic E-state index is 0.273. The van der Waals surface area contributed by atoms with Crippen LogP contribution in [0.5, 0.6) is 0 Å². The van der Waals surface area contributed by atoms with Crippen LogP contribution in [0.15, 0.2) is 36.4 Å². The molecule has 1 saturated heterocycles. The van der Waals surface area contributed by atoms with Gasteiger partial charge in [0.2, 0.25) is 0 Å². The normalized spacial score (nSPS) is 20.8. The largest absolute Gasteiger partial charge is 0.343 e. The van der Waals surface area contributed by atoms with Crippen LogP contribution in [-0.2, 0) is 0 Å². The van der Waals surface area contributed by atoms with Gasteiger partial charge in [-0.1, -0.05) is 58.5 Å². The quantitative estimate of drug-likeness (QED) is 0.608. The highest BCUT2D eigenvalue weighted by Crippen LogP contribution is 2.31. The number of benzene rings is 2. The lowest BCUT2D eigenvalue weighted by atomic mass is 10.1. The Bertz CT molecular complexity index is 707. The topological polar surface area (TPSA) is 36.1 Å². The highest BCUT2D eigenvalue weighted by molar-refractivity contribution is 7.80. The Morgan fingerprint density at radius 1 is 0.739 bits per heavy atom. The van der Waals surface area contributed by atoms with Gasteiger partial charge in [-0.2, -0.15) is 0 Å². The van der Waals surface area contributed by atoms with Gasteiger partial charge in [0.05, 0.1) is 0 Å². The van der Waals surface area contributed by atoms with Crippen LogP contribution in [0.3, 0.4) is 0 Å². The second-order valence-corrected chi connectivity index (χ2v) is 7.08. The first kappa shape index (κ1) is 17.1. The van der Waals surface area contributed by atoms with Gasteiger partial charge < -0.3 is 10.6 Å². The van der Waals surface area contributed by atoms with E-state index in [1.54, 1.807) is 24.3 Å². The Kier molecular flexibility index (Phi) is 5.21. The molecule has 2 atom stereocenters. The molecule has 3 rings (SSSR count). The van der Waals surface area contributed by atoms with E-state index in [1.807, 2.05) is 12.1 Å². The minimum atomic E-state index is -0.273. The molecule has 8 heteroatoms. The fourth-order valence-corrected chi connectivity index (χ4v) is 3.63. The van der Waals surface area contributed by atoms with E-state index < -0.39 is 0 Å². The van der Waals surface area contributed by atoms with Gasteiger partial charge in [0, 0.05) is 31.2 Å². The summed E-state index contributed by atoms with van der Waals surface area (Å²) >= 11 is 29.8. The van der Waals surface area contributed by atoms with Crippen molar-refractivity contribution in [2.45, 2.75) is 12.3 Å². The maximum Gasteiger partial charge on any atom is 0.169 e. The van der Waals surface area contributed by atoms with Gasteiger partial charge in [-0.25, -0.2) is 0 Å². The van der Waals surface area contributed by atoms with Crippen LogP contribution in [0, 0.1) is 0 Å². The van der Waals surface area contributed by atoms with Gasteiger partial charge in [0.15, 0.2) is 5.11 Å². The Morgan fingerprint density at radius 2 is 1.17 bits per heavy atom. The van der Waals surface area contributed by atoms with Crippen molar-refractivity contribution in [1.29, 1.82) is 0 Å². The van der Waals surface area contributed by atoms with Crippen molar-refractivity contribution in [2.24, 2.45) is 0 Å². The van der Waals surface area contributed by atoms with E-state index in [9.17, 15) is 0 Å². The van der Waals surface area contributed by atoms with Crippen molar-refractivity contribution in [1.82, 2.24) is 16.0 Å².